The van der Waals surface area contributed by atoms with E-state index >= 15 is 0 Å². The number of benzene rings is 1. The minimum absolute atomic E-state index is 0.0204. The molecular formula is C13H16ClNO2. The number of ether oxygens (including phenoxy) is 1. The van der Waals surface area contributed by atoms with Gasteiger partial charge in [-0.05, 0) is 25.0 Å². The van der Waals surface area contributed by atoms with Gasteiger partial charge >= 0.3 is 6.09 Å². The maximum Gasteiger partial charge on any atom is 0.412 e. The number of nitrogens with one attached hydrogen (secondary N) is 1. The molecule has 0 radical (unpaired) electrons. The van der Waals surface area contributed by atoms with Gasteiger partial charge < -0.3 is 10.1 Å². The molecule has 1 saturated carbocycles. The Kier molecular flexibility index (Phi) is 4.26. The zero-order valence-electron chi connectivity index (χ0n) is 9.56. The standard InChI is InChI=1S/C13H16ClNO2/c14-11-8-4-5-9-12(11)15-13(16)17-10-6-2-1-3-7-10/h1-3,6-7,11-12H,4-5,8-9H2,(H,15,16)/t11-,12-/m0/s1. The molecule has 0 unspecified atom stereocenters. The Balaban J connectivity index is 1.84. The molecule has 1 aliphatic carbocycles. The summed E-state index contributed by atoms with van der Waals surface area (Å²) in [5.41, 5.74) is 0. The predicted octanol–water partition coefficient (Wildman–Crippen LogP) is 3.33. The fourth-order valence-electron chi connectivity index (χ4n) is 2.02. The zero-order chi connectivity index (χ0) is 12.1. The molecule has 3 nitrogen and oxygen atoms in total. The van der Waals surface area contributed by atoms with Crippen molar-refractivity contribution in [2.75, 3.05) is 0 Å². The van der Waals surface area contributed by atoms with Crippen molar-refractivity contribution in [3.05, 3.63) is 30.3 Å². The lowest BCUT2D eigenvalue weighted by molar-refractivity contribution is 0.192. The summed E-state index contributed by atoms with van der Waals surface area (Å²) in [7, 11) is 0. The van der Waals surface area contributed by atoms with E-state index in [0.29, 0.717) is 5.75 Å². The maximum atomic E-state index is 11.6. The number of carbonyl (C=O) groups excluding carboxylic acids is 1. The van der Waals surface area contributed by atoms with E-state index in [4.69, 9.17) is 16.3 Å². The first-order valence-electron chi connectivity index (χ1n) is 5.93. The SMILES string of the molecule is O=C(N[C@H]1CCCC[C@@H]1Cl)Oc1ccccc1. The molecule has 2 rings (SSSR count). The van der Waals surface area contributed by atoms with E-state index < -0.39 is 6.09 Å². The van der Waals surface area contributed by atoms with Crippen molar-refractivity contribution in [2.24, 2.45) is 0 Å². The molecule has 1 aromatic rings. The number of halogens is 1. The summed E-state index contributed by atoms with van der Waals surface area (Å²) in [5.74, 6) is 0.548. The van der Waals surface area contributed by atoms with Crippen LogP contribution in [0.3, 0.4) is 0 Å². The quantitative estimate of drug-likeness (QED) is 0.821. The van der Waals surface area contributed by atoms with E-state index in [0.717, 1.165) is 25.7 Å². The first-order chi connectivity index (χ1) is 8.25. The fourth-order valence-corrected chi connectivity index (χ4v) is 2.37. The van der Waals surface area contributed by atoms with Crippen LogP contribution in [0.15, 0.2) is 30.3 Å². The second-order valence-electron chi connectivity index (χ2n) is 4.25. The Labute approximate surface area is 106 Å². The first kappa shape index (κ1) is 12.2. The Morgan fingerprint density at radius 1 is 1.24 bits per heavy atom. The van der Waals surface area contributed by atoms with Crippen molar-refractivity contribution in [1.82, 2.24) is 5.32 Å². The van der Waals surface area contributed by atoms with Crippen LogP contribution in [-0.2, 0) is 0 Å². The van der Waals surface area contributed by atoms with Crippen LogP contribution in [0.1, 0.15) is 25.7 Å². The van der Waals surface area contributed by atoms with Gasteiger partial charge in [0, 0.05) is 6.04 Å². The van der Waals surface area contributed by atoms with E-state index in [1.54, 1.807) is 12.1 Å². The topological polar surface area (TPSA) is 38.3 Å². The highest BCUT2D eigenvalue weighted by Gasteiger charge is 2.25. The molecule has 0 heterocycles. The van der Waals surface area contributed by atoms with Crippen LogP contribution in [0, 0.1) is 0 Å². The summed E-state index contributed by atoms with van der Waals surface area (Å²) < 4.78 is 5.16. The van der Waals surface area contributed by atoms with Gasteiger partial charge in [0.25, 0.3) is 0 Å². The number of carbonyl (C=O) groups is 1. The van der Waals surface area contributed by atoms with E-state index in [2.05, 4.69) is 5.32 Å². The Morgan fingerprint density at radius 2 is 1.94 bits per heavy atom. The molecular weight excluding hydrogens is 238 g/mol. The second kappa shape index (κ2) is 5.92. The van der Waals surface area contributed by atoms with Crippen molar-refractivity contribution in [3.8, 4) is 5.75 Å². The molecule has 2 atom stereocenters. The van der Waals surface area contributed by atoms with Crippen LogP contribution in [0.2, 0.25) is 0 Å². The summed E-state index contributed by atoms with van der Waals surface area (Å²) >= 11 is 6.16. The smallest absolute Gasteiger partial charge is 0.410 e. The van der Waals surface area contributed by atoms with E-state index in [1.807, 2.05) is 18.2 Å². The normalized spacial score (nSPS) is 24.1. The average Bonchev–Trinajstić information content (AvgIpc) is 2.33. The van der Waals surface area contributed by atoms with Gasteiger partial charge in [-0.2, -0.15) is 0 Å². The summed E-state index contributed by atoms with van der Waals surface area (Å²) in [6.07, 6.45) is 3.71. The predicted molar refractivity (Wildman–Crippen MR) is 67.5 cm³/mol. The van der Waals surface area contributed by atoms with Crippen LogP contribution >= 0.6 is 11.6 Å². The Hall–Kier alpha value is -1.22. The summed E-state index contributed by atoms with van der Waals surface area (Å²) in [5, 5.41) is 2.84. The van der Waals surface area contributed by atoms with Crippen LogP contribution in [-0.4, -0.2) is 17.5 Å². The monoisotopic (exact) mass is 253 g/mol. The molecule has 17 heavy (non-hydrogen) atoms. The molecule has 1 aliphatic rings. The van der Waals surface area contributed by atoms with Gasteiger partial charge in [-0.1, -0.05) is 31.0 Å². The van der Waals surface area contributed by atoms with Gasteiger partial charge in [0.15, 0.2) is 0 Å². The lowest BCUT2D eigenvalue weighted by atomic mass is 9.95. The van der Waals surface area contributed by atoms with Crippen molar-refractivity contribution < 1.29 is 9.53 Å². The first-order valence-corrected chi connectivity index (χ1v) is 6.37. The summed E-state index contributed by atoms with van der Waals surface area (Å²) in [4.78, 5) is 11.6. The molecule has 1 N–H and O–H groups in total. The van der Waals surface area contributed by atoms with Gasteiger partial charge in [-0.3, -0.25) is 0 Å². The minimum atomic E-state index is -0.422. The van der Waals surface area contributed by atoms with Gasteiger partial charge in [0.1, 0.15) is 5.75 Å². The van der Waals surface area contributed by atoms with Crippen LogP contribution < -0.4 is 10.1 Å². The molecule has 1 fully saturated rings. The molecule has 1 aromatic carbocycles. The third-order valence-electron chi connectivity index (χ3n) is 2.94. The summed E-state index contributed by atoms with van der Waals surface area (Å²) in [6, 6.07) is 9.06. The molecule has 0 bridgehead atoms. The van der Waals surface area contributed by atoms with Gasteiger partial charge in [-0.15, -0.1) is 11.6 Å². The third kappa shape index (κ3) is 3.63. The van der Waals surface area contributed by atoms with E-state index in [1.165, 1.54) is 0 Å². The maximum absolute atomic E-state index is 11.6. The number of alkyl halides is 1. The third-order valence-corrected chi connectivity index (χ3v) is 3.46. The fraction of sp³-hybridized carbons (Fsp3) is 0.462. The number of rotatable bonds is 2. The molecule has 0 aromatic heterocycles. The highest BCUT2D eigenvalue weighted by molar-refractivity contribution is 6.21. The molecule has 1 amide bonds. The molecule has 0 spiro atoms. The second-order valence-corrected chi connectivity index (χ2v) is 4.81. The van der Waals surface area contributed by atoms with Crippen LogP contribution in [0.25, 0.3) is 0 Å². The molecule has 4 heteroatoms. The molecule has 0 aliphatic heterocycles. The van der Waals surface area contributed by atoms with E-state index in [9.17, 15) is 4.79 Å². The largest absolute Gasteiger partial charge is 0.412 e. The van der Waals surface area contributed by atoms with Gasteiger partial charge in [0.05, 0.1) is 5.38 Å². The minimum Gasteiger partial charge on any atom is -0.410 e. The lowest BCUT2D eigenvalue weighted by Crippen LogP contribution is -2.44. The number of hydrogen-bond donors (Lipinski definition) is 1. The highest BCUT2D eigenvalue weighted by Crippen LogP contribution is 2.23. The van der Waals surface area contributed by atoms with Crippen LogP contribution in [0.5, 0.6) is 5.75 Å². The van der Waals surface area contributed by atoms with Crippen molar-refractivity contribution >= 4 is 17.7 Å². The van der Waals surface area contributed by atoms with Crippen LogP contribution in [0.4, 0.5) is 4.79 Å². The highest BCUT2D eigenvalue weighted by atomic mass is 35.5. The average molecular weight is 254 g/mol. The number of para-hydroxylation sites is 1. The van der Waals surface area contributed by atoms with Gasteiger partial charge in [-0.25, -0.2) is 4.79 Å². The lowest BCUT2D eigenvalue weighted by Gasteiger charge is -2.27. The zero-order valence-corrected chi connectivity index (χ0v) is 10.3. The van der Waals surface area contributed by atoms with Crippen molar-refractivity contribution in [1.29, 1.82) is 0 Å². The van der Waals surface area contributed by atoms with Gasteiger partial charge in [0.2, 0.25) is 0 Å². The molecule has 92 valence electrons. The van der Waals surface area contributed by atoms with E-state index in [-0.39, 0.29) is 11.4 Å². The van der Waals surface area contributed by atoms with Crippen molar-refractivity contribution in [2.45, 2.75) is 37.1 Å². The summed E-state index contributed by atoms with van der Waals surface area (Å²) in [6.45, 7) is 0. The Bertz CT molecular complexity index is 369. The number of hydrogen-bond acceptors (Lipinski definition) is 2. The number of amides is 1. The molecule has 0 saturated heterocycles. The van der Waals surface area contributed by atoms with Crippen molar-refractivity contribution in [3.63, 3.8) is 0 Å². The Morgan fingerprint density at radius 3 is 2.65 bits per heavy atom.